The molecule has 3 aromatic rings. The average Bonchev–Trinajstić information content (AvgIpc) is 2.81. The number of nitrogens with one attached hydrogen (secondary N) is 1. The monoisotopic (exact) mass is 436 g/mol. The molecule has 0 bridgehead atoms. The molecule has 3 rings (SSSR count). The van der Waals surface area contributed by atoms with Crippen LogP contribution in [0, 0.1) is 0 Å². The van der Waals surface area contributed by atoms with Gasteiger partial charge in [0.15, 0.2) is 0 Å². The molecule has 8 heteroatoms. The summed E-state index contributed by atoms with van der Waals surface area (Å²) in [7, 11) is -3.67. The van der Waals surface area contributed by atoms with Crippen molar-refractivity contribution in [3.8, 4) is 0 Å². The first-order chi connectivity index (χ1) is 15.0. The number of amides is 1. The highest BCUT2D eigenvalue weighted by atomic mass is 32.2. The standard InChI is InChI=1S/C23H24N4O3S/c1-3-27(4-2)31(29,30)20-14-10-13-19(17-20)23(28)26-25-22(18-11-6-5-7-12-18)21-15-8-9-16-24-21/h5-17H,3-4H2,1-2H3,(H,26,28). The van der Waals surface area contributed by atoms with Gasteiger partial charge in [-0.05, 0) is 30.3 Å². The van der Waals surface area contributed by atoms with E-state index >= 15 is 0 Å². The molecule has 2 aromatic carbocycles. The van der Waals surface area contributed by atoms with Crippen LogP contribution in [0.5, 0.6) is 0 Å². The second kappa shape index (κ2) is 10.1. The first kappa shape index (κ1) is 22.3. The molecule has 0 fully saturated rings. The fourth-order valence-electron chi connectivity index (χ4n) is 3.05. The Kier molecular flexibility index (Phi) is 7.28. The quantitative estimate of drug-likeness (QED) is 0.433. The zero-order valence-corrected chi connectivity index (χ0v) is 18.2. The lowest BCUT2D eigenvalue weighted by molar-refractivity contribution is 0.0954. The van der Waals surface area contributed by atoms with E-state index in [2.05, 4.69) is 15.5 Å². The number of carbonyl (C=O) groups is 1. The Balaban J connectivity index is 1.91. The van der Waals surface area contributed by atoms with Gasteiger partial charge in [0.25, 0.3) is 5.91 Å². The smallest absolute Gasteiger partial charge is 0.267 e. The maximum absolute atomic E-state index is 12.8. The lowest BCUT2D eigenvalue weighted by Crippen LogP contribution is -2.31. The summed E-state index contributed by atoms with van der Waals surface area (Å²) in [5.74, 6) is -0.513. The molecule has 0 saturated carbocycles. The summed E-state index contributed by atoms with van der Waals surface area (Å²) in [6.07, 6.45) is 1.65. The van der Waals surface area contributed by atoms with Crippen molar-refractivity contribution >= 4 is 21.6 Å². The van der Waals surface area contributed by atoms with Crippen molar-refractivity contribution < 1.29 is 13.2 Å². The van der Waals surface area contributed by atoms with Crippen LogP contribution in [0.1, 0.15) is 35.5 Å². The molecule has 1 aromatic heterocycles. The summed E-state index contributed by atoms with van der Waals surface area (Å²) >= 11 is 0. The van der Waals surface area contributed by atoms with Crippen LogP contribution in [0.15, 0.2) is 89.0 Å². The van der Waals surface area contributed by atoms with E-state index in [9.17, 15) is 13.2 Å². The van der Waals surface area contributed by atoms with Crippen LogP contribution in [0.3, 0.4) is 0 Å². The minimum Gasteiger partial charge on any atom is -0.267 e. The fraction of sp³-hybridized carbons (Fsp3) is 0.174. The Labute approximate surface area is 182 Å². The van der Waals surface area contributed by atoms with Crippen molar-refractivity contribution in [1.82, 2.24) is 14.7 Å². The first-order valence-corrected chi connectivity index (χ1v) is 11.4. The first-order valence-electron chi connectivity index (χ1n) is 9.92. The molecule has 1 N–H and O–H groups in total. The van der Waals surface area contributed by atoms with E-state index in [1.54, 1.807) is 44.3 Å². The second-order valence-corrected chi connectivity index (χ2v) is 8.54. The van der Waals surface area contributed by atoms with Crippen molar-refractivity contribution in [2.24, 2.45) is 5.10 Å². The Morgan fingerprint density at radius 1 is 0.935 bits per heavy atom. The third-order valence-electron chi connectivity index (χ3n) is 4.66. The number of benzene rings is 2. The molecular formula is C23H24N4O3S. The van der Waals surface area contributed by atoms with Gasteiger partial charge in [0.1, 0.15) is 5.71 Å². The van der Waals surface area contributed by atoms with E-state index in [-0.39, 0.29) is 10.5 Å². The molecule has 0 aliphatic heterocycles. The van der Waals surface area contributed by atoms with Crippen LogP contribution in [-0.2, 0) is 10.0 Å². The van der Waals surface area contributed by atoms with Gasteiger partial charge in [-0.15, -0.1) is 0 Å². The van der Waals surface area contributed by atoms with Gasteiger partial charge in [-0.2, -0.15) is 9.41 Å². The summed E-state index contributed by atoms with van der Waals surface area (Å²) in [5, 5.41) is 4.29. The third kappa shape index (κ3) is 5.22. The molecule has 31 heavy (non-hydrogen) atoms. The predicted octanol–water partition coefficient (Wildman–Crippen LogP) is 3.29. The molecule has 0 saturated heterocycles. The summed E-state index contributed by atoms with van der Waals surface area (Å²) in [5.41, 5.74) is 4.63. The van der Waals surface area contributed by atoms with E-state index in [1.165, 1.54) is 16.4 Å². The lowest BCUT2D eigenvalue weighted by Gasteiger charge is -2.18. The van der Waals surface area contributed by atoms with Gasteiger partial charge < -0.3 is 0 Å². The molecule has 7 nitrogen and oxygen atoms in total. The minimum absolute atomic E-state index is 0.0702. The van der Waals surface area contributed by atoms with Crippen LogP contribution in [0.4, 0.5) is 0 Å². The number of hydrogen-bond donors (Lipinski definition) is 1. The number of aromatic nitrogens is 1. The largest absolute Gasteiger partial charge is 0.271 e. The van der Waals surface area contributed by atoms with Crippen LogP contribution < -0.4 is 5.43 Å². The zero-order chi connectivity index (χ0) is 22.3. The molecular weight excluding hydrogens is 412 g/mol. The number of sulfonamides is 1. The summed E-state index contributed by atoms with van der Waals surface area (Å²) in [6.45, 7) is 4.25. The molecule has 0 unspecified atom stereocenters. The van der Waals surface area contributed by atoms with Crippen LogP contribution >= 0.6 is 0 Å². The SMILES string of the molecule is CCN(CC)S(=O)(=O)c1cccc(C(=O)NN=C(c2ccccc2)c2ccccn2)c1. The Morgan fingerprint density at radius 3 is 2.26 bits per heavy atom. The molecule has 0 aliphatic carbocycles. The second-order valence-electron chi connectivity index (χ2n) is 6.60. The number of hydrogen-bond acceptors (Lipinski definition) is 5. The third-order valence-corrected chi connectivity index (χ3v) is 6.71. The van der Waals surface area contributed by atoms with Crippen LogP contribution in [-0.4, -0.2) is 42.4 Å². The van der Waals surface area contributed by atoms with Crippen molar-refractivity contribution in [3.63, 3.8) is 0 Å². The Hall–Kier alpha value is -3.36. The maximum atomic E-state index is 12.8. The molecule has 0 atom stereocenters. The lowest BCUT2D eigenvalue weighted by atomic mass is 10.1. The van der Waals surface area contributed by atoms with E-state index < -0.39 is 15.9 Å². The predicted molar refractivity (Wildman–Crippen MR) is 120 cm³/mol. The van der Waals surface area contributed by atoms with Crippen LogP contribution in [0.25, 0.3) is 0 Å². The molecule has 1 amide bonds. The Bertz CT molecular complexity index is 1120. The van der Waals surface area contributed by atoms with Gasteiger partial charge >= 0.3 is 0 Å². The molecule has 0 spiro atoms. The average molecular weight is 437 g/mol. The summed E-state index contributed by atoms with van der Waals surface area (Å²) in [4.78, 5) is 17.1. The summed E-state index contributed by atoms with van der Waals surface area (Å²) < 4.78 is 26.9. The Morgan fingerprint density at radius 2 is 1.61 bits per heavy atom. The highest BCUT2D eigenvalue weighted by molar-refractivity contribution is 7.89. The van der Waals surface area contributed by atoms with E-state index in [1.807, 2.05) is 36.4 Å². The normalized spacial score (nSPS) is 12.0. The van der Waals surface area contributed by atoms with Crippen molar-refractivity contribution in [1.29, 1.82) is 0 Å². The van der Waals surface area contributed by atoms with Gasteiger partial charge in [0.05, 0.1) is 10.6 Å². The number of pyridine rings is 1. The highest BCUT2D eigenvalue weighted by Crippen LogP contribution is 2.17. The van der Waals surface area contributed by atoms with Gasteiger partial charge in [-0.3, -0.25) is 9.78 Å². The topological polar surface area (TPSA) is 91.7 Å². The van der Waals surface area contributed by atoms with Gasteiger partial charge in [0, 0.05) is 30.4 Å². The minimum atomic E-state index is -3.67. The molecule has 0 aliphatic rings. The number of carbonyl (C=O) groups excluding carboxylic acids is 1. The van der Waals surface area contributed by atoms with E-state index in [4.69, 9.17) is 0 Å². The molecule has 1 heterocycles. The molecule has 0 radical (unpaired) electrons. The summed E-state index contributed by atoms with van der Waals surface area (Å²) in [6, 6.07) is 20.8. The highest BCUT2D eigenvalue weighted by Gasteiger charge is 2.22. The number of hydrazone groups is 1. The van der Waals surface area contributed by atoms with Crippen molar-refractivity contribution in [2.45, 2.75) is 18.7 Å². The van der Waals surface area contributed by atoms with Gasteiger partial charge in [0.2, 0.25) is 10.0 Å². The van der Waals surface area contributed by atoms with E-state index in [0.717, 1.165) is 5.56 Å². The molecule has 160 valence electrons. The number of rotatable bonds is 8. The van der Waals surface area contributed by atoms with Crippen molar-refractivity contribution in [2.75, 3.05) is 13.1 Å². The maximum Gasteiger partial charge on any atom is 0.271 e. The van der Waals surface area contributed by atoms with E-state index in [0.29, 0.717) is 24.5 Å². The zero-order valence-electron chi connectivity index (χ0n) is 17.4. The van der Waals surface area contributed by atoms with Gasteiger partial charge in [-0.1, -0.05) is 56.3 Å². The van der Waals surface area contributed by atoms with Crippen molar-refractivity contribution in [3.05, 3.63) is 95.8 Å². The van der Waals surface area contributed by atoms with Crippen LogP contribution in [0.2, 0.25) is 0 Å². The van der Waals surface area contributed by atoms with Gasteiger partial charge in [-0.25, -0.2) is 13.8 Å². The number of nitrogens with zero attached hydrogens (tertiary/aromatic N) is 3. The fourth-order valence-corrected chi connectivity index (χ4v) is 4.55.